The molecule has 1 unspecified atom stereocenters. The fourth-order valence-electron chi connectivity index (χ4n) is 1.84. The Morgan fingerprint density at radius 1 is 1.41 bits per heavy atom. The van der Waals surface area contributed by atoms with Crippen LogP contribution in [-0.2, 0) is 0 Å². The summed E-state index contributed by atoms with van der Waals surface area (Å²) < 4.78 is 0. The van der Waals surface area contributed by atoms with E-state index in [9.17, 15) is 4.79 Å². The lowest BCUT2D eigenvalue weighted by molar-refractivity contribution is 0.700. The van der Waals surface area contributed by atoms with Gasteiger partial charge < -0.3 is 16.0 Å². The smallest absolute Gasteiger partial charge is 0.257 e. The first-order chi connectivity index (χ1) is 8.24. The molecule has 17 heavy (non-hydrogen) atoms. The number of nitrogens with one attached hydrogen (secondary N) is 2. The van der Waals surface area contributed by atoms with E-state index in [1.54, 1.807) is 0 Å². The number of rotatable bonds is 4. The second-order valence-corrected chi connectivity index (χ2v) is 4.08. The molecule has 1 heterocycles. The largest absolute Gasteiger partial charge is 0.368 e. The molecule has 0 radical (unpaired) electrons. The van der Waals surface area contributed by atoms with Crippen molar-refractivity contribution in [3.05, 3.63) is 40.7 Å². The van der Waals surface area contributed by atoms with Crippen molar-refractivity contribution in [2.45, 2.75) is 19.4 Å². The summed E-state index contributed by atoms with van der Waals surface area (Å²) in [6.45, 7) is 2.61. The lowest BCUT2D eigenvalue weighted by Gasteiger charge is -2.15. The molecule has 1 aromatic heterocycles. The summed E-state index contributed by atoms with van der Waals surface area (Å²) in [7, 11) is 0. The van der Waals surface area contributed by atoms with Gasteiger partial charge in [-0.1, -0.05) is 25.1 Å². The van der Waals surface area contributed by atoms with E-state index in [4.69, 9.17) is 5.73 Å². The molecule has 1 atom stereocenters. The number of aromatic nitrogens is 1. The summed E-state index contributed by atoms with van der Waals surface area (Å²) in [5, 5.41) is 4.87. The third kappa shape index (κ3) is 2.47. The van der Waals surface area contributed by atoms with Crippen LogP contribution in [0.1, 0.15) is 13.3 Å². The number of benzene rings is 1. The lowest BCUT2D eigenvalue weighted by Crippen LogP contribution is -2.29. The number of aromatic amines is 1. The Bertz CT molecular complexity index is 558. The number of pyridine rings is 1. The molecule has 0 saturated heterocycles. The molecule has 2 rings (SSSR count). The minimum atomic E-state index is -0.0718. The van der Waals surface area contributed by atoms with E-state index >= 15 is 0 Å². The number of anilines is 1. The van der Waals surface area contributed by atoms with E-state index in [2.05, 4.69) is 17.2 Å². The number of nitrogens with two attached hydrogens (primary N) is 1. The predicted octanol–water partition coefficient (Wildman–Crippen LogP) is 1.68. The Morgan fingerprint density at radius 3 is 2.88 bits per heavy atom. The molecule has 0 aliphatic rings. The molecular formula is C13H17N3O. The number of H-pyrrole nitrogens is 1. The van der Waals surface area contributed by atoms with Crippen LogP contribution in [0.2, 0.25) is 0 Å². The van der Waals surface area contributed by atoms with Crippen LogP contribution in [0.25, 0.3) is 10.8 Å². The summed E-state index contributed by atoms with van der Waals surface area (Å²) in [6.07, 6.45) is 0.922. The molecule has 4 heteroatoms. The quantitative estimate of drug-likeness (QED) is 0.749. The Kier molecular flexibility index (Phi) is 3.44. The highest BCUT2D eigenvalue weighted by Gasteiger charge is 2.05. The molecule has 2 aromatic rings. The van der Waals surface area contributed by atoms with Gasteiger partial charge in [0.1, 0.15) is 5.82 Å². The maximum absolute atomic E-state index is 11.8. The van der Waals surface area contributed by atoms with Crippen LogP contribution in [0, 0.1) is 0 Å². The van der Waals surface area contributed by atoms with Gasteiger partial charge in [-0.15, -0.1) is 0 Å². The van der Waals surface area contributed by atoms with Crippen LogP contribution in [-0.4, -0.2) is 17.6 Å². The normalized spacial score (nSPS) is 12.6. The highest BCUT2D eigenvalue weighted by molar-refractivity contribution is 5.83. The summed E-state index contributed by atoms with van der Waals surface area (Å²) in [5.41, 5.74) is 5.56. The van der Waals surface area contributed by atoms with Gasteiger partial charge in [-0.25, -0.2) is 0 Å². The van der Waals surface area contributed by atoms with Crippen molar-refractivity contribution in [3.8, 4) is 0 Å². The van der Waals surface area contributed by atoms with Crippen LogP contribution in [0.3, 0.4) is 0 Å². The van der Waals surface area contributed by atoms with Crippen LogP contribution in [0.5, 0.6) is 0 Å². The van der Waals surface area contributed by atoms with Gasteiger partial charge >= 0.3 is 0 Å². The van der Waals surface area contributed by atoms with Gasteiger partial charge in [0.05, 0.1) is 0 Å². The molecule has 4 N–H and O–H groups in total. The van der Waals surface area contributed by atoms with Crippen LogP contribution < -0.4 is 16.6 Å². The zero-order valence-electron chi connectivity index (χ0n) is 9.86. The van der Waals surface area contributed by atoms with E-state index < -0.39 is 0 Å². The molecule has 0 aliphatic heterocycles. The fraction of sp³-hybridized carbons (Fsp3) is 0.308. The highest BCUT2D eigenvalue weighted by atomic mass is 16.1. The standard InChI is InChI=1S/C13H17N3O/c1-2-10(8-14)15-12-7-9-5-3-4-6-11(9)13(17)16-12/h3-7,10H,2,8,14H2,1H3,(H2,15,16,17). The Morgan fingerprint density at radius 2 is 2.18 bits per heavy atom. The molecule has 90 valence electrons. The summed E-state index contributed by atoms with van der Waals surface area (Å²) >= 11 is 0. The third-order valence-electron chi connectivity index (χ3n) is 2.89. The molecule has 0 spiro atoms. The van der Waals surface area contributed by atoms with E-state index in [0.29, 0.717) is 11.9 Å². The Hall–Kier alpha value is -1.81. The van der Waals surface area contributed by atoms with Crippen molar-refractivity contribution in [1.29, 1.82) is 0 Å². The first kappa shape index (κ1) is 11.7. The minimum Gasteiger partial charge on any atom is -0.368 e. The van der Waals surface area contributed by atoms with E-state index in [1.165, 1.54) is 0 Å². The zero-order valence-corrected chi connectivity index (χ0v) is 9.86. The average molecular weight is 231 g/mol. The summed E-state index contributed by atoms with van der Waals surface area (Å²) in [6, 6.07) is 9.66. The molecule has 0 aliphatic carbocycles. The predicted molar refractivity (Wildman–Crippen MR) is 71.3 cm³/mol. The monoisotopic (exact) mass is 231 g/mol. The average Bonchev–Trinajstić information content (AvgIpc) is 2.36. The van der Waals surface area contributed by atoms with Crippen molar-refractivity contribution in [2.24, 2.45) is 5.73 Å². The van der Waals surface area contributed by atoms with E-state index in [-0.39, 0.29) is 11.6 Å². The van der Waals surface area contributed by atoms with Crippen molar-refractivity contribution in [2.75, 3.05) is 11.9 Å². The van der Waals surface area contributed by atoms with E-state index in [1.807, 2.05) is 30.3 Å². The topological polar surface area (TPSA) is 70.9 Å². The van der Waals surface area contributed by atoms with Gasteiger partial charge in [0, 0.05) is 18.0 Å². The molecule has 0 saturated carbocycles. The summed E-state index contributed by atoms with van der Waals surface area (Å²) in [4.78, 5) is 14.7. The van der Waals surface area contributed by atoms with Gasteiger partial charge in [-0.2, -0.15) is 0 Å². The maximum atomic E-state index is 11.8. The summed E-state index contributed by atoms with van der Waals surface area (Å²) in [5.74, 6) is 0.728. The Balaban J connectivity index is 2.40. The number of hydrogen-bond donors (Lipinski definition) is 3. The molecule has 4 nitrogen and oxygen atoms in total. The fourth-order valence-corrected chi connectivity index (χ4v) is 1.84. The maximum Gasteiger partial charge on any atom is 0.257 e. The third-order valence-corrected chi connectivity index (χ3v) is 2.89. The van der Waals surface area contributed by atoms with Crippen molar-refractivity contribution in [3.63, 3.8) is 0 Å². The highest BCUT2D eigenvalue weighted by Crippen LogP contribution is 2.13. The molecular weight excluding hydrogens is 214 g/mol. The van der Waals surface area contributed by atoms with Gasteiger partial charge in [-0.3, -0.25) is 4.79 Å². The van der Waals surface area contributed by atoms with Crippen LogP contribution >= 0.6 is 0 Å². The minimum absolute atomic E-state index is 0.0718. The zero-order chi connectivity index (χ0) is 12.3. The SMILES string of the molecule is CCC(CN)Nc1cc2ccccc2c(=O)[nH]1. The molecule has 0 bridgehead atoms. The number of hydrogen-bond acceptors (Lipinski definition) is 3. The molecule has 0 amide bonds. The second-order valence-electron chi connectivity index (χ2n) is 4.08. The van der Waals surface area contributed by atoms with Crippen molar-refractivity contribution in [1.82, 2.24) is 4.98 Å². The van der Waals surface area contributed by atoms with Gasteiger partial charge in [0.2, 0.25) is 0 Å². The van der Waals surface area contributed by atoms with Gasteiger partial charge in [0.15, 0.2) is 0 Å². The molecule has 1 aromatic carbocycles. The van der Waals surface area contributed by atoms with Gasteiger partial charge in [-0.05, 0) is 23.9 Å². The van der Waals surface area contributed by atoms with Crippen LogP contribution in [0.4, 0.5) is 5.82 Å². The molecule has 0 fully saturated rings. The Labute approximate surface area is 99.8 Å². The van der Waals surface area contributed by atoms with Crippen molar-refractivity contribution >= 4 is 16.6 Å². The number of fused-ring (bicyclic) bond motifs is 1. The van der Waals surface area contributed by atoms with Gasteiger partial charge in [0.25, 0.3) is 5.56 Å². The lowest BCUT2D eigenvalue weighted by atomic mass is 10.1. The second kappa shape index (κ2) is 5.01. The van der Waals surface area contributed by atoms with Crippen LogP contribution in [0.15, 0.2) is 35.1 Å². The first-order valence-corrected chi connectivity index (χ1v) is 5.83. The first-order valence-electron chi connectivity index (χ1n) is 5.83. The van der Waals surface area contributed by atoms with Crippen molar-refractivity contribution < 1.29 is 0 Å². The van der Waals surface area contributed by atoms with E-state index in [0.717, 1.165) is 17.6 Å².